The van der Waals surface area contributed by atoms with E-state index >= 15 is 0 Å². The van der Waals surface area contributed by atoms with Crippen molar-refractivity contribution in [2.45, 2.75) is 26.2 Å². The molecule has 1 unspecified atom stereocenters. The van der Waals surface area contributed by atoms with E-state index in [0.29, 0.717) is 0 Å². The van der Waals surface area contributed by atoms with Gasteiger partial charge in [0.25, 0.3) is 0 Å². The normalized spacial score (nSPS) is 31.2. The fourth-order valence-corrected chi connectivity index (χ4v) is 1.78. The topological polar surface area (TPSA) is 3.24 Å². The van der Waals surface area contributed by atoms with E-state index < -0.39 is 0 Å². The Bertz CT molecular complexity index is 127. The number of likely N-dealkylation sites (tertiary alicyclic amines) is 1. The zero-order valence-corrected chi connectivity index (χ0v) is 11.0. The number of nitrogens with zero attached hydrogens (tertiary/aromatic N) is 1. The van der Waals surface area contributed by atoms with Gasteiger partial charge in [-0.25, -0.2) is 6.42 Å². The Kier molecular flexibility index (Phi) is 6.23. The molecule has 0 aliphatic carbocycles. The third kappa shape index (κ3) is 3.43. The van der Waals surface area contributed by atoms with E-state index in [4.69, 9.17) is 0 Å². The van der Waals surface area contributed by atoms with Crippen LogP contribution in [0.4, 0.5) is 0 Å². The van der Waals surface area contributed by atoms with Crippen molar-refractivity contribution in [2.24, 2.45) is 5.41 Å². The predicted octanol–water partition coefficient (Wildman–Crippen LogP) is 2.14. The predicted molar refractivity (Wildman–Crippen MR) is 49.1 cm³/mol. The fraction of sp³-hybridized carbons (Fsp3) is 0.800. The number of hydrogen-bond donors (Lipinski definition) is 0. The second kappa shape index (κ2) is 5.72. The van der Waals surface area contributed by atoms with Gasteiger partial charge in [0, 0.05) is 32.7 Å². The first-order chi connectivity index (χ1) is 5.20. The molecule has 69 valence electrons. The van der Waals surface area contributed by atoms with Gasteiger partial charge >= 0.3 is 0 Å². The summed E-state index contributed by atoms with van der Waals surface area (Å²) < 4.78 is 0. The standard InChI is InChI=1S/C10H19N.Y/c1-4-10(3)7-6-8-11(5-2)9-10;/h1,3-9H2,2H3;/q-2;. The van der Waals surface area contributed by atoms with Gasteiger partial charge in [0.1, 0.15) is 0 Å². The molecule has 0 aromatic rings. The third-order valence-electron chi connectivity index (χ3n) is 2.72. The average molecular weight is 242 g/mol. The number of hydrogen-bond acceptors (Lipinski definition) is 1. The molecular formula is C10H19NY-2. The van der Waals surface area contributed by atoms with Gasteiger partial charge in [-0.2, -0.15) is 5.41 Å². The molecule has 1 atom stereocenters. The second-order valence-corrected chi connectivity index (χ2v) is 3.72. The zero-order valence-electron chi connectivity index (χ0n) is 8.18. The molecule has 12 heavy (non-hydrogen) atoms. The second-order valence-electron chi connectivity index (χ2n) is 3.72. The molecule has 0 N–H and O–H groups in total. The monoisotopic (exact) mass is 242 g/mol. The summed E-state index contributed by atoms with van der Waals surface area (Å²) in [7, 11) is 0. The molecule has 1 aliphatic heterocycles. The Morgan fingerprint density at radius 3 is 2.67 bits per heavy atom. The Hall–Kier alpha value is 1.06. The molecular weight excluding hydrogens is 223 g/mol. The van der Waals surface area contributed by atoms with Crippen LogP contribution in [0, 0.1) is 19.3 Å². The van der Waals surface area contributed by atoms with E-state index in [-0.39, 0.29) is 38.1 Å². The van der Waals surface area contributed by atoms with Gasteiger partial charge < -0.3 is 18.7 Å². The first-order valence-electron chi connectivity index (χ1n) is 4.57. The minimum Gasteiger partial charge on any atom is -0.345 e. The quantitative estimate of drug-likeness (QED) is 0.670. The smallest absolute Gasteiger partial charge is 0 e. The molecule has 1 nitrogen and oxygen atoms in total. The summed E-state index contributed by atoms with van der Waals surface area (Å²) in [6.45, 7) is 14.0. The van der Waals surface area contributed by atoms with E-state index in [1.54, 1.807) is 0 Å². The summed E-state index contributed by atoms with van der Waals surface area (Å²) >= 11 is 0. The van der Waals surface area contributed by atoms with Gasteiger partial charge in [0.15, 0.2) is 0 Å². The molecule has 0 aromatic carbocycles. The maximum absolute atomic E-state index is 4.24. The zero-order chi connectivity index (χ0) is 8.32. The van der Waals surface area contributed by atoms with E-state index in [0.717, 1.165) is 19.5 Å². The molecule has 0 saturated carbocycles. The van der Waals surface area contributed by atoms with Crippen molar-refractivity contribution in [3.05, 3.63) is 13.8 Å². The van der Waals surface area contributed by atoms with Crippen molar-refractivity contribution in [3.63, 3.8) is 0 Å². The van der Waals surface area contributed by atoms with Gasteiger partial charge in [0.2, 0.25) is 0 Å². The average Bonchev–Trinajstić information content (AvgIpc) is 2.05. The summed E-state index contributed by atoms with van der Waals surface area (Å²) in [4.78, 5) is 2.47. The first kappa shape index (κ1) is 13.1. The van der Waals surface area contributed by atoms with E-state index in [2.05, 4.69) is 25.7 Å². The van der Waals surface area contributed by atoms with Crippen LogP contribution in [0.3, 0.4) is 0 Å². The Balaban J connectivity index is 0.00000121. The van der Waals surface area contributed by atoms with Crippen molar-refractivity contribution in [1.82, 2.24) is 4.90 Å². The van der Waals surface area contributed by atoms with Gasteiger partial charge in [-0.3, -0.25) is 0 Å². The molecule has 2 heteroatoms. The SMILES string of the molecule is [CH2-]CC1([CH2-])CCCN(CC)C1.[Y]. The van der Waals surface area contributed by atoms with Crippen LogP contribution < -0.4 is 0 Å². The van der Waals surface area contributed by atoms with Gasteiger partial charge in [-0.15, -0.1) is 0 Å². The largest absolute Gasteiger partial charge is 0.345 e. The maximum Gasteiger partial charge on any atom is 0 e. The molecule has 1 aliphatic rings. The van der Waals surface area contributed by atoms with Gasteiger partial charge in [-0.05, 0) is 26.1 Å². The van der Waals surface area contributed by atoms with Crippen molar-refractivity contribution in [3.8, 4) is 0 Å². The summed E-state index contributed by atoms with van der Waals surface area (Å²) in [5, 5.41) is 0. The van der Waals surface area contributed by atoms with E-state index in [1.165, 1.54) is 19.4 Å². The van der Waals surface area contributed by atoms with Crippen LogP contribution in [-0.2, 0) is 32.7 Å². The molecule has 1 rings (SSSR count). The third-order valence-corrected chi connectivity index (χ3v) is 2.72. The molecule has 1 fully saturated rings. The van der Waals surface area contributed by atoms with Gasteiger partial charge in [-0.1, -0.05) is 13.3 Å². The summed E-state index contributed by atoms with van der Waals surface area (Å²) in [6, 6.07) is 0. The Labute approximate surface area is 102 Å². The summed E-state index contributed by atoms with van der Waals surface area (Å²) in [5.74, 6) is 0. The van der Waals surface area contributed by atoms with E-state index in [1.807, 2.05) is 0 Å². The summed E-state index contributed by atoms with van der Waals surface area (Å²) in [6.07, 6.45) is 3.53. The molecule has 1 saturated heterocycles. The summed E-state index contributed by atoms with van der Waals surface area (Å²) in [5.41, 5.74) is 0.258. The van der Waals surface area contributed by atoms with Crippen molar-refractivity contribution < 1.29 is 32.7 Å². The van der Waals surface area contributed by atoms with Crippen LogP contribution in [0.25, 0.3) is 0 Å². The molecule has 0 aromatic heterocycles. The maximum atomic E-state index is 4.24. The van der Waals surface area contributed by atoms with Gasteiger partial charge in [0.05, 0.1) is 0 Å². The Morgan fingerprint density at radius 1 is 1.50 bits per heavy atom. The fourth-order valence-electron chi connectivity index (χ4n) is 1.78. The number of rotatable bonds is 2. The van der Waals surface area contributed by atoms with Crippen LogP contribution in [-0.4, -0.2) is 24.5 Å². The first-order valence-corrected chi connectivity index (χ1v) is 4.57. The van der Waals surface area contributed by atoms with Crippen LogP contribution in [0.5, 0.6) is 0 Å². The van der Waals surface area contributed by atoms with Crippen LogP contribution in [0.15, 0.2) is 0 Å². The molecule has 1 heterocycles. The minimum atomic E-state index is 0. The van der Waals surface area contributed by atoms with E-state index in [9.17, 15) is 0 Å². The molecule has 1 radical (unpaired) electrons. The molecule has 0 amide bonds. The Morgan fingerprint density at radius 2 is 2.17 bits per heavy atom. The van der Waals surface area contributed by atoms with Crippen LogP contribution in [0.2, 0.25) is 0 Å². The number of piperidine rings is 1. The minimum absolute atomic E-state index is 0. The molecule has 0 bridgehead atoms. The van der Waals surface area contributed by atoms with Crippen molar-refractivity contribution >= 4 is 0 Å². The van der Waals surface area contributed by atoms with Crippen molar-refractivity contribution in [1.29, 1.82) is 0 Å². The van der Waals surface area contributed by atoms with Crippen LogP contribution in [0.1, 0.15) is 26.2 Å². The van der Waals surface area contributed by atoms with Crippen molar-refractivity contribution in [2.75, 3.05) is 19.6 Å². The van der Waals surface area contributed by atoms with Crippen LogP contribution >= 0.6 is 0 Å². The molecule has 0 spiro atoms.